The lowest BCUT2D eigenvalue weighted by Gasteiger charge is -2.26. The average Bonchev–Trinajstić information content (AvgIpc) is 3.53. The first kappa shape index (κ1) is 32.1. The van der Waals surface area contributed by atoms with Crippen molar-refractivity contribution in [1.29, 1.82) is 0 Å². The highest BCUT2D eigenvalue weighted by Crippen LogP contribution is 2.39. The average molecular weight is 644 g/mol. The Morgan fingerprint density at radius 3 is 2.56 bits per heavy atom. The first-order valence-electron chi connectivity index (χ1n) is 14.4. The van der Waals surface area contributed by atoms with Gasteiger partial charge in [-0.05, 0) is 37.6 Å². The van der Waals surface area contributed by atoms with Gasteiger partial charge in [0.05, 0.1) is 18.7 Å². The van der Waals surface area contributed by atoms with Crippen molar-refractivity contribution in [2.24, 2.45) is 0 Å². The molecule has 15 heteroatoms. The number of thiazole rings is 1. The molecule has 4 aromatic rings. The molecule has 11 nitrogen and oxygen atoms in total. The number of alkyl halides is 3. The van der Waals surface area contributed by atoms with Crippen molar-refractivity contribution in [3.05, 3.63) is 63.5 Å². The molecule has 4 heterocycles. The van der Waals surface area contributed by atoms with Gasteiger partial charge >= 0.3 is 12.2 Å². The Kier molecular flexibility index (Phi) is 9.80. The number of nitrogens with zero attached hydrogens (tertiary/aromatic N) is 4. The number of morpholine rings is 1. The van der Waals surface area contributed by atoms with E-state index in [1.54, 1.807) is 29.7 Å². The van der Waals surface area contributed by atoms with Gasteiger partial charge in [0, 0.05) is 73.6 Å². The lowest BCUT2D eigenvalue weighted by molar-refractivity contribution is -0.140. The summed E-state index contributed by atoms with van der Waals surface area (Å²) >= 11 is 0.814. The van der Waals surface area contributed by atoms with Crippen molar-refractivity contribution >= 4 is 40.0 Å². The lowest BCUT2D eigenvalue weighted by atomic mass is 9.99. The Balaban J connectivity index is 1.50. The molecular weight excluding hydrogens is 611 g/mol. The summed E-state index contributed by atoms with van der Waals surface area (Å²) in [6.07, 6.45) is -1.67. The predicted molar refractivity (Wildman–Crippen MR) is 166 cm³/mol. The van der Waals surface area contributed by atoms with E-state index in [1.165, 1.54) is 18.5 Å². The molecule has 3 aromatic heterocycles. The van der Waals surface area contributed by atoms with Gasteiger partial charge in [-0.25, -0.2) is 14.8 Å². The summed E-state index contributed by atoms with van der Waals surface area (Å²) in [5, 5.41) is 9.33. The van der Waals surface area contributed by atoms with Crippen molar-refractivity contribution in [2.75, 3.05) is 51.3 Å². The van der Waals surface area contributed by atoms with Crippen LogP contribution in [0.25, 0.3) is 32.6 Å². The molecule has 5 rings (SSSR count). The van der Waals surface area contributed by atoms with E-state index in [-0.39, 0.29) is 16.4 Å². The third-order valence-electron chi connectivity index (χ3n) is 7.30. The number of hydrogen-bond donors (Lipinski definition) is 3. The Hall–Kier alpha value is -4.34. The number of rotatable bonds is 9. The highest BCUT2D eigenvalue weighted by Gasteiger charge is 2.34. The highest BCUT2D eigenvalue weighted by molar-refractivity contribution is 7.13. The van der Waals surface area contributed by atoms with Crippen LogP contribution in [-0.4, -0.2) is 77.3 Å². The van der Waals surface area contributed by atoms with Gasteiger partial charge in [-0.3, -0.25) is 19.8 Å². The SMILES string of the molecule is CCNC(=O)Nc1cc(-c2nc(C(F)(F)F)cs2)c(-c2ccc3c(=O)c(C(=O)NCCN4CCOCC4)cn(CC)c3c2)cn1. The van der Waals surface area contributed by atoms with E-state index in [1.807, 2.05) is 6.92 Å². The van der Waals surface area contributed by atoms with E-state index in [4.69, 9.17) is 4.74 Å². The molecule has 0 aliphatic carbocycles. The number of halogens is 3. The Labute approximate surface area is 260 Å². The Bertz CT molecular complexity index is 1770. The van der Waals surface area contributed by atoms with Crippen LogP contribution in [-0.2, 0) is 17.5 Å². The summed E-state index contributed by atoms with van der Waals surface area (Å²) in [7, 11) is 0. The second-order valence-corrected chi connectivity index (χ2v) is 11.1. The van der Waals surface area contributed by atoms with Crippen LogP contribution in [0.2, 0.25) is 0 Å². The Morgan fingerprint density at radius 1 is 1.09 bits per heavy atom. The minimum atomic E-state index is -4.63. The van der Waals surface area contributed by atoms with E-state index in [0.717, 1.165) is 29.8 Å². The standard InChI is InChI=1S/C30H32F3N7O4S/c1-3-34-29(43)38-25-14-20(28-37-24(17-45-28)30(31,32)33)21(15-36-25)18-5-6-19-23(13-18)40(4-2)16-22(26(19)41)27(42)35-7-8-39-9-11-44-12-10-39/h5-6,13-17H,3-4,7-12H2,1-2H3,(H,35,42)(H2,34,36,38,43). The van der Waals surface area contributed by atoms with Crippen molar-refractivity contribution in [3.63, 3.8) is 0 Å². The number of benzene rings is 1. The number of amides is 3. The molecule has 1 aliphatic heterocycles. The zero-order valence-corrected chi connectivity index (χ0v) is 25.5. The zero-order valence-electron chi connectivity index (χ0n) is 24.7. The number of ether oxygens (including phenoxy) is 1. The fourth-order valence-corrected chi connectivity index (χ4v) is 5.86. The summed E-state index contributed by atoms with van der Waals surface area (Å²) in [5.41, 5.74) is 0.417. The van der Waals surface area contributed by atoms with Crippen LogP contribution in [0.1, 0.15) is 29.9 Å². The molecule has 0 saturated carbocycles. The van der Waals surface area contributed by atoms with Gasteiger partial charge in [-0.2, -0.15) is 13.2 Å². The van der Waals surface area contributed by atoms with E-state index in [2.05, 4.69) is 30.8 Å². The first-order valence-corrected chi connectivity index (χ1v) is 15.3. The predicted octanol–water partition coefficient (Wildman–Crippen LogP) is 4.43. The van der Waals surface area contributed by atoms with Crippen molar-refractivity contribution in [1.82, 2.24) is 30.1 Å². The molecule has 3 N–H and O–H groups in total. The fourth-order valence-electron chi connectivity index (χ4n) is 5.01. The third kappa shape index (κ3) is 7.32. The van der Waals surface area contributed by atoms with Gasteiger partial charge in [-0.15, -0.1) is 11.3 Å². The topological polar surface area (TPSA) is 130 Å². The number of aryl methyl sites for hydroxylation is 1. The maximum atomic E-state index is 13.5. The minimum absolute atomic E-state index is 0.0182. The maximum Gasteiger partial charge on any atom is 0.434 e. The smallest absolute Gasteiger partial charge is 0.379 e. The number of aromatic nitrogens is 3. The molecule has 1 saturated heterocycles. The highest BCUT2D eigenvalue weighted by atomic mass is 32.1. The molecule has 1 fully saturated rings. The summed E-state index contributed by atoms with van der Waals surface area (Å²) in [4.78, 5) is 48.9. The molecule has 0 spiro atoms. The molecule has 0 atom stereocenters. The van der Waals surface area contributed by atoms with Gasteiger partial charge in [0.1, 0.15) is 16.4 Å². The zero-order chi connectivity index (χ0) is 32.1. The van der Waals surface area contributed by atoms with Crippen LogP contribution in [0.5, 0.6) is 0 Å². The number of pyridine rings is 2. The number of hydrogen-bond acceptors (Lipinski definition) is 8. The molecule has 238 valence electrons. The molecular formula is C30H32F3N7O4S. The number of carbonyl (C=O) groups is 2. The van der Waals surface area contributed by atoms with Crippen LogP contribution < -0.4 is 21.4 Å². The summed E-state index contributed by atoms with van der Waals surface area (Å²) < 4.78 is 47.4. The van der Waals surface area contributed by atoms with Gasteiger partial charge < -0.3 is 19.9 Å². The number of urea groups is 1. The fraction of sp³-hybridized carbons (Fsp3) is 0.367. The number of carbonyl (C=O) groups excluding carboxylic acids is 2. The minimum Gasteiger partial charge on any atom is -0.379 e. The number of fused-ring (bicyclic) bond motifs is 1. The van der Waals surface area contributed by atoms with Crippen molar-refractivity contribution < 1.29 is 27.5 Å². The Morgan fingerprint density at radius 2 is 1.87 bits per heavy atom. The van der Waals surface area contributed by atoms with Crippen LogP contribution in [0.3, 0.4) is 0 Å². The molecule has 0 bridgehead atoms. The largest absolute Gasteiger partial charge is 0.434 e. The quantitative estimate of drug-likeness (QED) is 0.246. The molecule has 1 aromatic carbocycles. The van der Waals surface area contributed by atoms with Crippen LogP contribution >= 0.6 is 11.3 Å². The summed E-state index contributed by atoms with van der Waals surface area (Å²) in [5.74, 6) is -0.341. The number of anilines is 1. The lowest BCUT2D eigenvalue weighted by Crippen LogP contribution is -2.42. The first-order chi connectivity index (χ1) is 21.6. The van der Waals surface area contributed by atoms with Gasteiger partial charge in [0.15, 0.2) is 5.69 Å². The maximum absolute atomic E-state index is 13.5. The number of nitrogens with one attached hydrogen (secondary N) is 3. The van der Waals surface area contributed by atoms with Crippen LogP contribution in [0, 0.1) is 0 Å². The monoisotopic (exact) mass is 643 g/mol. The van der Waals surface area contributed by atoms with Gasteiger partial charge in [-0.1, -0.05) is 6.07 Å². The van der Waals surface area contributed by atoms with Crippen molar-refractivity contribution in [3.8, 4) is 21.7 Å². The second-order valence-electron chi connectivity index (χ2n) is 10.2. The summed E-state index contributed by atoms with van der Waals surface area (Å²) in [6.45, 7) is 8.32. The van der Waals surface area contributed by atoms with E-state index in [0.29, 0.717) is 67.0 Å². The van der Waals surface area contributed by atoms with Gasteiger partial charge in [0.25, 0.3) is 5.91 Å². The van der Waals surface area contributed by atoms with Gasteiger partial charge in [0.2, 0.25) is 5.43 Å². The molecule has 45 heavy (non-hydrogen) atoms. The van der Waals surface area contributed by atoms with E-state index in [9.17, 15) is 27.6 Å². The second kappa shape index (κ2) is 13.7. The summed E-state index contributed by atoms with van der Waals surface area (Å²) in [6, 6.07) is 5.93. The third-order valence-corrected chi connectivity index (χ3v) is 8.18. The normalized spacial score (nSPS) is 14.0. The molecule has 0 radical (unpaired) electrons. The van der Waals surface area contributed by atoms with Crippen molar-refractivity contribution in [2.45, 2.75) is 26.6 Å². The van der Waals surface area contributed by atoms with E-state index >= 15 is 0 Å². The molecule has 0 unspecified atom stereocenters. The molecule has 3 amide bonds. The molecule has 1 aliphatic rings. The van der Waals surface area contributed by atoms with E-state index < -0.39 is 29.2 Å². The van der Waals surface area contributed by atoms with Crippen LogP contribution in [0.15, 0.2) is 46.8 Å². The van der Waals surface area contributed by atoms with Crippen LogP contribution in [0.4, 0.5) is 23.8 Å².